The molecular formula is C16H32N2O3. The van der Waals surface area contributed by atoms with Gasteiger partial charge in [-0.25, -0.2) is 0 Å². The first-order valence-corrected chi connectivity index (χ1v) is 8.15. The van der Waals surface area contributed by atoms with Gasteiger partial charge < -0.3 is 9.47 Å². The van der Waals surface area contributed by atoms with Crippen LogP contribution in [0.2, 0.25) is 0 Å². The van der Waals surface area contributed by atoms with Crippen molar-refractivity contribution < 1.29 is 14.3 Å². The molecule has 2 heterocycles. The van der Waals surface area contributed by atoms with Crippen LogP contribution >= 0.6 is 0 Å². The van der Waals surface area contributed by atoms with E-state index in [-0.39, 0.29) is 17.2 Å². The van der Waals surface area contributed by atoms with Crippen molar-refractivity contribution in [1.82, 2.24) is 9.96 Å². The summed E-state index contributed by atoms with van der Waals surface area (Å²) in [5.41, 5.74) is -0.257. The van der Waals surface area contributed by atoms with Gasteiger partial charge in [-0.05, 0) is 34.1 Å². The zero-order valence-electron chi connectivity index (χ0n) is 14.5. The summed E-state index contributed by atoms with van der Waals surface area (Å²) in [7, 11) is 1.82. The minimum Gasteiger partial charge on any atom is -0.379 e. The highest BCUT2D eigenvalue weighted by Gasteiger charge is 2.61. The van der Waals surface area contributed by atoms with Crippen LogP contribution in [0.5, 0.6) is 0 Å². The summed E-state index contributed by atoms with van der Waals surface area (Å²) in [5, 5.41) is 2.18. The highest BCUT2D eigenvalue weighted by molar-refractivity contribution is 5.14. The van der Waals surface area contributed by atoms with E-state index < -0.39 is 0 Å². The van der Waals surface area contributed by atoms with Gasteiger partial charge in [-0.3, -0.25) is 9.74 Å². The van der Waals surface area contributed by atoms with Crippen molar-refractivity contribution in [2.75, 3.05) is 40.0 Å². The van der Waals surface area contributed by atoms with Crippen molar-refractivity contribution in [1.29, 1.82) is 0 Å². The number of ether oxygens (including phenoxy) is 2. The third kappa shape index (κ3) is 2.99. The summed E-state index contributed by atoms with van der Waals surface area (Å²) >= 11 is 0. The minimum absolute atomic E-state index is 0.101. The van der Waals surface area contributed by atoms with Gasteiger partial charge in [0.2, 0.25) is 0 Å². The van der Waals surface area contributed by atoms with Gasteiger partial charge in [0.25, 0.3) is 0 Å². The SMILES string of the molecule is CCCON1C(C)(C)C(OC)C(N2CCOCC2)C1(C)C. The van der Waals surface area contributed by atoms with E-state index in [0.29, 0.717) is 6.04 Å². The number of hydrogen-bond donors (Lipinski definition) is 0. The molecule has 124 valence electrons. The first-order valence-electron chi connectivity index (χ1n) is 8.15. The molecule has 0 aliphatic carbocycles. The molecule has 0 saturated carbocycles. The van der Waals surface area contributed by atoms with Crippen LogP contribution in [-0.4, -0.2) is 73.2 Å². The zero-order valence-corrected chi connectivity index (χ0v) is 14.5. The van der Waals surface area contributed by atoms with Gasteiger partial charge in [0.15, 0.2) is 0 Å². The fraction of sp³-hybridized carbons (Fsp3) is 1.00. The summed E-state index contributed by atoms with van der Waals surface area (Å²) in [6.45, 7) is 15.4. The molecule has 0 bridgehead atoms. The Labute approximate surface area is 129 Å². The average molecular weight is 300 g/mol. The Balaban J connectivity index is 2.28. The molecular weight excluding hydrogens is 268 g/mol. The van der Waals surface area contributed by atoms with Crippen LogP contribution in [0.1, 0.15) is 41.0 Å². The molecule has 5 heteroatoms. The number of morpholine rings is 1. The molecule has 2 aliphatic rings. The summed E-state index contributed by atoms with van der Waals surface area (Å²) in [6, 6.07) is 0.304. The Morgan fingerprint density at radius 1 is 1.10 bits per heavy atom. The monoisotopic (exact) mass is 300 g/mol. The molecule has 0 aromatic carbocycles. The molecule has 2 atom stereocenters. The molecule has 0 spiro atoms. The summed E-state index contributed by atoms with van der Waals surface area (Å²) in [4.78, 5) is 8.64. The topological polar surface area (TPSA) is 34.2 Å². The van der Waals surface area contributed by atoms with E-state index in [1.807, 2.05) is 7.11 Å². The molecule has 5 nitrogen and oxygen atoms in total. The molecule has 2 aliphatic heterocycles. The molecule has 0 aromatic heterocycles. The first kappa shape index (κ1) is 17.2. The van der Waals surface area contributed by atoms with Crippen molar-refractivity contribution in [3.63, 3.8) is 0 Å². The summed E-state index contributed by atoms with van der Waals surface area (Å²) in [5.74, 6) is 0. The maximum absolute atomic E-state index is 6.13. The molecule has 0 N–H and O–H groups in total. The van der Waals surface area contributed by atoms with Gasteiger partial charge >= 0.3 is 0 Å². The van der Waals surface area contributed by atoms with E-state index in [4.69, 9.17) is 14.3 Å². The van der Waals surface area contributed by atoms with E-state index in [0.717, 1.165) is 39.3 Å². The molecule has 0 aromatic rings. The number of hydroxylamine groups is 2. The normalized spacial score (nSPS) is 33.4. The number of nitrogens with zero attached hydrogens (tertiary/aromatic N) is 2. The molecule has 2 fully saturated rings. The van der Waals surface area contributed by atoms with Gasteiger partial charge in [0, 0.05) is 20.2 Å². The summed E-state index contributed by atoms with van der Waals surface area (Å²) < 4.78 is 11.4. The number of hydrogen-bond acceptors (Lipinski definition) is 5. The molecule has 2 unspecified atom stereocenters. The first-order chi connectivity index (χ1) is 9.87. The van der Waals surface area contributed by atoms with Crippen LogP contribution < -0.4 is 0 Å². The van der Waals surface area contributed by atoms with Crippen LogP contribution in [0.3, 0.4) is 0 Å². The van der Waals surface area contributed by atoms with E-state index in [1.165, 1.54) is 0 Å². The van der Waals surface area contributed by atoms with Crippen LogP contribution in [-0.2, 0) is 14.3 Å². The van der Waals surface area contributed by atoms with Crippen molar-refractivity contribution in [3.05, 3.63) is 0 Å². The predicted octanol–water partition coefficient (Wildman–Crippen LogP) is 1.92. The third-order valence-corrected chi connectivity index (χ3v) is 4.87. The maximum Gasteiger partial charge on any atom is 0.0946 e. The Bertz CT molecular complexity index is 340. The van der Waals surface area contributed by atoms with Gasteiger partial charge in [-0.15, -0.1) is 0 Å². The second-order valence-corrected chi connectivity index (χ2v) is 7.18. The minimum atomic E-state index is -0.156. The van der Waals surface area contributed by atoms with E-state index >= 15 is 0 Å². The standard InChI is InChI=1S/C16H32N2O3/c1-7-10-21-18-15(2,3)13(14(19-6)16(18,4)5)17-8-11-20-12-9-17/h13-14H,7-12H2,1-6H3. The highest BCUT2D eigenvalue weighted by Crippen LogP contribution is 2.45. The summed E-state index contributed by atoms with van der Waals surface area (Å²) in [6.07, 6.45) is 1.13. The van der Waals surface area contributed by atoms with Crippen molar-refractivity contribution in [2.24, 2.45) is 0 Å². The lowest BCUT2D eigenvalue weighted by Crippen LogP contribution is -2.57. The van der Waals surface area contributed by atoms with Gasteiger partial charge in [0.05, 0.1) is 43.0 Å². The highest BCUT2D eigenvalue weighted by atomic mass is 16.7. The Kier molecular flexibility index (Phi) is 5.31. The van der Waals surface area contributed by atoms with Crippen LogP contribution in [0.4, 0.5) is 0 Å². The average Bonchev–Trinajstić information content (AvgIpc) is 2.59. The molecule has 2 saturated heterocycles. The fourth-order valence-electron chi connectivity index (χ4n) is 4.16. The number of methoxy groups -OCH3 is 1. The van der Waals surface area contributed by atoms with E-state index in [2.05, 4.69) is 44.6 Å². The third-order valence-electron chi connectivity index (χ3n) is 4.87. The molecule has 2 rings (SSSR count). The largest absolute Gasteiger partial charge is 0.379 e. The van der Waals surface area contributed by atoms with Crippen LogP contribution in [0.25, 0.3) is 0 Å². The second kappa shape index (κ2) is 6.50. The molecule has 0 radical (unpaired) electrons. The van der Waals surface area contributed by atoms with Crippen molar-refractivity contribution >= 4 is 0 Å². The molecule has 0 amide bonds. The Morgan fingerprint density at radius 2 is 1.71 bits per heavy atom. The van der Waals surface area contributed by atoms with E-state index in [9.17, 15) is 0 Å². The lowest BCUT2D eigenvalue weighted by molar-refractivity contribution is -0.250. The van der Waals surface area contributed by atoms with Crippen LogP contribution in [0, 0.1) is 0 Å². The Morgan fingerprint density at radius 3 is 2.24 bits per heavy atom. The van der Waals surface area contributed by atoms with Gasteiger partial charge in [-0.2, -0.15) is 5.06 Å². The zero-order chi connectivity index (χ0) is 15.7. The second-order valence-electron chi connectivity index (χ2n) is 7.18. The maximum atomic E-state index is 6.13. The smallest absolute Gasteiger partial charge is 0.0946 e. The Hall–Kier alpha value is -0.200. The number of rotatable bonds is 5. The van der Waals surface area contributed by atoms with E-state index in [1.54, 1.807) is 0 Å². The molecule has 21 heavy (non-hydrogen) atoms. The van der Waals surface area contributed by atoms with Crippen molar-refractivity contribution in [2.45, 2.75) is 64.3 Å². The lowest BCUT2D eigenvalue weighted by Gasteiger charge is -2.43. The quantitative estimate of drug-likeness (QED) is 0.775. The van der Waals surface area contributed by atoms with Crippen molar-refractivity contribution in [3.8, 4) is 0 Å². The van der Waals surface area contributed by atoms with Gasteiger partial charge in [-0.1, -0.05) is 6.92 Å². The fourth-order valence-corrected chi connectivity index (χ4v) is 4.16. The predicted molar refractivity (Wildman–Crippen MR) is 83.2 cm³/mol. The van der Waals surface area contributed by atoms with Crippen LogP contribution in [0.15, 0.2) is 0 Å². The lowest BCUT2D eigenvalue weighted by atomic mass is 9.89. The van der Waals surface area contributed by atoms with Gasteiger partial charge in [0.1, 0.15) is 0 Å².